The molecule has 3 aromatic carbocycles. The van der Waals surface area contributed by atoms with Crippen molar-refractivity contribution in [1.29, 1.82) is 0 Å². The third-order valence-electron chi connectivity index (χ3n) is 4.93. The van der Waals surface area contributed by atoms with Crippen LogP contribution in [-0.4, -0.2) is 17.5 Å². The Bertz CT molecular complexity index is 920. The second-order valence-corrected chi connectivity index (χ2v) is 6.76. The monoisotopic (exact) mass is 342 g/mol. The van der Waals surface area contributed by atoms with Gasteiger partial charge in [0.2, 0.25) is 0 Å². The highest BCUT2D eigenvalue weighted by Crippen LogP contribution is 2.35. The van der Waals surface area contributed by atoms with Crippen LogP contribution in [0.4, 0.5) is 10.5 Å². The van der Waals surface area contributed by atoms with Gasteiger partial charge in [-0.2, -0.15) is 0 Å². The van der Waals surface area contributed by atoms with Gasteiger partial charge in [0.25, 0.3) is 0 Å². The minimum atomic E-state index is -0.0639. The third-order valence-corrected chi connectivity index (χ3v) is 4.93. The minimum absolute atomic E-state index is 0.0565. The van der Waals surface area contributed by atoms with Crippen molar-refractivity contribution in [3.05, 3.63) is 101 Å². The standard InChI is InChI=1S/C23H22N2O/c1-17-8-7-12-20(16-17)24-23(26)25-15-14-18-9-5-6-13-21(18)22(25)19-10-3-2-4-11-19/h2-13,16,22H,14-15H2,1H3,(H,24,26)/t22-/m0/s1. The van der Waals surface area contributed by atoms with Gasteiger partial charge in [0.15, 0.2) is 0 Å². The number of carbonyl (C=O) groups is 1. The number of nitrogens with one attached hydrogen (secondary N) is 1. The van der Waals surface area contributed by atoms with Crippen LogP contribution in [0.15, 0.2) is 78.9 Å². The van der Waals surface area contributed by atoms with Crippen molar-refractivity contribution in [3.63, 3.8) is 0 Å². The largest absolute Gasteiger partial charge is 0.322 e. The van der Waals surface area contributed by atoms with Crippen LogP contribution in [-0.2, 0) is 6.42 Å². The highest BCUT2D eigenvalue weighted by molar-refractivity contribution is 5.90. The molecule has 0 aliphatic carbocycles. The maximum absolute atomic E-state index is 13.1. The summed E-state index contributed by atoms with van der Waals surface area (Å²) in [5.74, 6) is 0. The number of rotatable bonds is 2. The minimum Gasteiger partial charge on any atom is -0.313 e. The fourth-order valence-corrected chi connectivity index (χ4v) is 3.70. The van der Waals surface area contributed by atoms with Gasteiger partial charge in [-0.3, -0.25) is 0 Å². The van der Waals surface area contributed by atoms with Crippen LogP contribution in [0.5, 0.6) is 0 Å². The molecule has 2 amide bonds. The van der Waals surface area contributed by atoms with E-state index in [9.17, 15) is 4.79 Å². The van der Waals surface area contributed by atoms with Crippen molar-refractivity contribution in [3.8, 4) is 0 Å². The molecule has 3 nitrogen and oxygen atoms in total. The molecule has 0 fully saturated rings. The maximum atomic E-state index is 13.1. The first-order valence-corrected chi connectivity index (χ1v) is 8.99. The van der Waals surface area contributed by atoms with E-state index in [-0.39, 0.29) is 12.1 Å². The number of aryl methyl sites for hydroxylation is 1. The van der Waals surface area contributed by atoms with Crippen molar-refractivity contribution in [1.82, 2.24) is 4.90 Å². The van der Waals surface area contributed by atoms with E-state index in [1.165, 1.54) is 11.1 Å². The van der Waals surface area contributed by atoms with E-state index >= 15 is 0 Å². The number of hydrogen-bond donors (Lipinski definition) is 1. The number of anilines is 1. The third kappa shape index (κ3) is 3.21. The zero-order valence-electron chi connectivity index (χ0n) is 14.9. The molecule has 0 radical (unpaired) electrons. The van der Waals surface area contributed by atoms with Crippen molar-refractivity contribution in [2.75, 3.05) is 11.9 Å². The Morgan fingerprint density at radius 1 is 0.962 bits per heavy atom. The van der Waals surface area contributed by atoms with Crippen molar-refractivity contribution >= 4 is 11.7 Å². The van der Waals surface area contributed by atoms with Crippen LogP contribution in [0, 0.1) is 6.92 Å². The lowest BCUT2D eigenvalue weighted by Crippen LogP contribution is -2.43. The highest BCUT2D eigenvalue weighted by Gasteiger charge is 2.31. The van der Waals surface area contributed by atoms with E-state index in [1.807, 2.05) is 54.3 Å². The molecule has 4 rings (SSSR count). The Morgan fingerprint density at radius 3 is 2.54 bits per heavy atom. The molecule has 0 aromatic heterocycles. The predicted molar refractivity (Wildman–Crippen MR) is 105 cm³/mol. The van der Waals surface area contributed by atoms with Gasteiger partial charge < -0.3 is 10.2 Å². The topological polar surface area (TPSA) is 32.3 Å². The Kier molecular flexibility index (Phi) is 4.44. The van der Waals surface area contributed by atoms with Crippen LogP contribution in [0.3, 0.4) is 0 Å². The van der Waals surface area contributed by atoms with E-state index in [1.54, 1.807) is 0 Å². The van der Waals surface area contributed by atoms with E-state index in [4.69, 9.17) is 0 Å². The smallest absolute Gasteiger partial charge is 0.313 e. The summed E-state index contributed by atoms with van der Waals surface area (Å²) in [6, 6.07) is 26.5. The van der Waals surface area contributed by atoms with Crippen LogP contribution >= 0.6 is 0 Å². The van der Waals surface area contributed by atoms with Crippen LogP contribution in [0.1, 0.15) is 28.3 Å². The van der Waals surface area contributed by atoms with E-state index < -0.39 is 0 Å². The molecule has 3 heteroatoms. The Hall–Kier alpha value is -3.07. The van der Waals surface area contributed by atoms with Gasteiger partial charge in [-0.1, -0.05) is 66.7 Å². The fourth-order valence-electron chi connectivity index (χ4n) is 3.70. The van der Waals surface area contributed by atoms with Gasteiger partial charge in [-0.25, -0.2) is 4.79 Å². The zero-order chi connectivity index (χ0) is 17.9. The summed E-state index contributed by atoms with van der Waals surface area (Å²) >= 11 is 0. The Labute approximate surface area is 154 Å². The summed E-state index contributed by atoms with van der Waals surface area (Å²) in [4.78, 5) is 15.0. The lowest BCUT2D eigenvalue weighted by Gasteiger charge is -2.37. The molecule has 0 spiro atoms. The van der Waals surface area contributed by atoms with Gasteiger partial charge in [0.05, 0.1) is 6.04 Å². The summed E-state index contributed by atoms with van der Waals surface area (Å²) in [7, 11) is 0. The Balaban J connectivity index is 1.69. The molecular formula is C23H22N2O. The summed E-state index contributed by atoms with van der Waals surface area (Å²) in [5.41, 5.74) is 5.64. The number of hydrogen-bond acceptors (Lipinski definition) is 1. The van der Waals surface area contributed by atoms with Crippen LogP contribution < -0.4 is 5.32 Å². The molecule has 0 unspecified atom stereocenters. The number of amides is 2. The van der Waals surface area contributed by atoms with E-state index in [0.717, 1.165) is 23.2 Å². The Morgan fingerprint density at radius 2 is 1.73 bits per heavy atom. The molecule has 1 aliphatic rings. The van der Waals surface area contributed by atoms with Crippen LogP contribution in [0.25, 0.3) is 0 Å². The number of benzene rings is 3. The molecule has 26 heavy (non-hydrogen) atoms. The number of carbonyl (C=O) groups excluding carboxylic acids is 1. The molecule has 1 heterocycles. The summed E-state index contributed by atoms with van der Waals surface area (Å²) in [5, 5.41) is 3.07. The van der Waals surface area contributed by atoms with Crippen molar-refractivity contribution in [2.45, 2.75) is 19.4 Å². The normalized spacial score (nSPS) is 16.0. The van der Waals surface area contributed by atoms with Crippen molar-refractivity contribution in [2.24, 2.45) is 0 Å². The number of nitrogens with zero attached hydrogens (tertiary/aromatic N) is 1. The predicted octanol–water partition coefficient (Wildman–Crippen LogP) is 5.17. The van der Waals surface area contributed by atoms with Gasteiger partial charge in [0, 0.05) is 12.2 Å². The summed E-state index contributed by atoms with van der Waals surface area (Å²) in [6.45, 7) is 2.73. The number of fused-ring (bicyclic) bond motifs is 1. The first-order valence-electron chi connectivity index (χ1n) is 8.99. The molecule has 0 bridgehead atoms. The van der Waals surface area contributed by atoms with Crippen LogP contribution in [0.2, 0.25) is 0 Å². The quantitative estimate of drug-likeness (QED) is 0.684. The first-order chi connectivity index (χ1) is 12.7. The van der Waals surface area contributed by atoms with Crippen molar-refractivity contribution < 1.29 is 4.79 Å². The van der Waals surface area contributed by atoms with Gasteiger partial charge in [0.1, 0.15) is 0 Å². The molecule has 0 saturated carbocycles. The fraction of sp³-hybridized carbons (Fsp3) is 0.174. The molecule has 1 N–H and O–H groups in total. The zero-order valence-corrected chi connectivity index (χ0v) is 14.9. The second kappa shape index (κ2) is 7.04. The van der Waals surface area contributed by atoms with Gasteiger partial charge >= 0.3 is 6.03 Å². The van der Waals surface area contributed by atoms with E-state index in [2.05, 4.69) is 41.7 Å². The SMILES string of the molecule is Cc1cccc(NC(=O)N2CCc3ccccc3[C@@H]2c2ccccc2)c1. The average molecular weight is 342 g/mol. The molecule has 3 aromatic rings. The molecular weight excluding hydrogens is 320 g/mol. The maximum Gasteiger partial charge on any atom is 0.322 e. The summed E-state index contributed by atoms with van der Waals surface area (Å²) in [6.07, 6.45) is 0.876. The highest BCUT2D eigenvalue weighted by atomic mass is 16.2. The molecule has 130 valence electrons. The van der Waals surface area contributed by atoms with E-state index in [0.29, 0.717) is 6.54 Å². The second-order valence-electron chi connectivity index (χ2n) is 6.76. The lowest BCUT2D eigenvalue weighted by molar-refractivity contribution is 0.194. The average Bonchev–Trinajstić information content (AvgIpc) is 2.67. The summed E-state index contributed by atoms with van der Waals surface area (Å²) < 4.78 is 0. The van der Waals surface area contributed by atoms with Gasteiger partial charge in [-0.15, -0.1) is 0 Å². The van der Waals surface area contributed by atoms with Gasteiger partial charge in [-0.05, 0) is 47.7 Å². The molecule has 0 saturated heterocycles. The lowest BCUT2D eigenvalue weighted by atomic mass is 9.88. The molecule has 1 atom stereocenters. The molecule has 1 aliphatic heterocycles. The first kappa shape index (κ1) is 16.4. The number of urea groups is 1.